The van der Waals surface area contributed by atoms with Crippen LogP contribution in [0.5, 0.6) is 0 Å². The monoisotopic (exact) mass is 265 g/mol. The maximum absolute atomic E-state index is 12.3. The Hall–Kier alpha value is -0.570. The smallest absolute Gasteiger partial charge is 0.311 e. The number of carbonyl (C=O) groups is 1. The van der Waals surface area contributed by atoms with Crippen molar-refractivity contribution in [1.82, 2.24) is 5.32 Å². The van der Waals surface area contributed by atoms with Gasteiger partial charge in [-0.3, -0.25) is 4.79 Å². The summed E-state index contributed by atoms with van der Waals surface area (Å²) in [6.45, 7) is 5.75. The van der Waals surface area contributed by atoms with Gasteiger partial charge in [0, 0.05) is 5.54 Å². The third-order valence-corrected chi connectivity index (χ3v) is 5.73. The Labute approximate surface area is 116 Å². The minimum Gasteiger partial charge on any atom is -0.466 e. The predicted octanol–water partition coefficient (Wildman–Crippen LogP) is 2.74. The van der Waals surface area contributed by atoms with Crippen LogP contribution < -0.4 is 5.32 Å². The third-order valence-electron chi connectivity index (χ3n) is 5.73. The van der Waals surface area contributed by atoms with E-state index in [2.05, 4.69) is 12.2 Å². The van der Waals surface area contributed by atoms with Gasteiger partial charge in [-0.1, -0.05) is 12.8 Å². The number of esters is 1. The van der Waals surface area contributed by atoms with Crippen LogP contribution in [0.4, 0.5) is 0 Å². The molecule has 3 heteroatoms. The largest absolute Gasteiger partial charge is 0.466 e. The van der Waals surface area contributed by atoms with Gasteiger partial charge >= 0.3 is 5.97 Å². The van der Waals surface area contributed by atoms with E-state index in [1.165, 1.54) is 38.5 Å². The number of hydrogen-bond donors (Lipinski definition) is 1. The molecule has 3 rings (SSSR count). The highest BCUT2D eigenvalue weighted by molar-refractivity contribution is 5.75. The van der Waals surface area contributed by atoms with E-state index in [1.54, 1.807) is 0 Å². The van der Waals surface area contributed by atoms with E-state index in [0.29, 0.717) is 18.4 Å². The molecule has 1 N–H and O–H groups in total. The van der Waals surface area contributed by atoms with E-state index >= 15 is 0 Å². The molecule has 0 aromatic rings. The van der Waals surface area contributed by atoms with E-state index in [0.717, 1.165) is 12.5 Å². The zero-order valence-corrected chi connectivity index (χ0v) is 12.3. The van der Waals surface area contributed by atoms with Gasteiger partial charge in [0.15, 0.2) is 0 Å². The molecule has 3 aliphatic rings. The molecule has 2 bridgehead atoms. The highest BCUT2D eigenvalue weighted by Crippen LogP contribution is 2.54. The quantitative estimate of drug-likeness (QED) is 0.750. The third kappa shape index (κ3) is 2.42. The second-order valence-corrected chi connectivity index (χ2v) is 6.94. The highest BCUT2D eigenvalue weighted by atomic mass is 16.5. The van der Waals surface area contributed by atoms with E-state index in [4.69, 9.17) is 4.74 Å². The van der Waals surface area contributed by atoms with Crippen LogP contribution in [0.2, 0.25) is 0 Å². The Morgan fingerprint density at radius 1 is 1.32 bits per heavy atom. The first-order valence-corrected chi connectivity index (χ1v) is 8.06. The van der Waals surface area contributed by atoms with Crippen molar-refractivity contribution in [2.24, 2.45) is 23.7 Å². The lowest BCUT2D eigenvalue weighted by Crippen LogP contribution is -2.55. The van der Waals surface area contributed by atoms with Gasteiger partial charge in [-0.25, -0.2) is 0 Å². The van der Waals surface area contributed by atoms with Crippen LogP contribution in [0, 0.1) is 23.7 Å². The Morgan fingerprint density at radius 3 is 2.79 bits per heavy atom. The number of hydrogen-bond acceptors (Lipinski definition) is 3. The lowest BCUT2D eigenvalue weighted by Gasteiger charge is -2.40. The van der Waals surface area contributed by atoms with Crippen LogP contribution in [0.1, 0.15) is 52.4 Å². The molecule has 0 unspecified atom stereocenters. The van der Waals surface area contributed by atoms with Crippen LogP contribution >= 0.6 is 0 Å². The van der Waals surface area contributed by atoms with Gasteiger partial charge in [-0.05, 0) is 63.8 Å². The summed E-state index contributed by atoms with van der Waals surface area (Å²) in [5.41, 5.74) is -0.00986. The van der Waals surface area contributed by atoms with Gasteiger partial charge in [0.2, 0.25) is 0 Å². The molecule has 0 aliphatic heterocycles. The summed E-state index contributed by atoms with van der Waals surface area (Å²) in [4.78, 5) is 12.3. The Balaban J connectivity index is 1.66. The predicted molar refractivity (Wildman–Crippen MR) is 74.7 cm³/mol. The lowest BCUT2D eigenvalue weighted by atomic mass is 9.73. The fourth-order valence-corrected chi connectivity index (χ4v) is 4.48. The number of fused-ring (bicyclic) bond motifs is 2. The summed E-state index contributed by atoms with van der Waals surface area (Å²) in [5.74, 6) is 2.31. The van der Waals surface area contributed by atoms with Gasteiger partial charge in [0.25, 0.3) is 0 Å². The minimum atomic E-state index is -0.00986. The van der Waals surface area contributed by atoms with E-state index in [9.17, 15) is 4.79 Å². The minimum absolute atomic E-state index is 0.00986. The van der Waals surface area contributed by atoms with Crippen molar-refractivity contribution in [3.05, 3.63) is 0 Å². The van der Waals surface area contributed by atoms with Crippen LogP contribution in [-0.2, 0) is 9.53 Å². The SMILES string of the molecule is CCOC(=O)[C@@H]1[C@H]2CC[C@H](C2)[C@]1(C)NCCC1CC1. The normalized spacial score (nSPS) is 40.6. The first-order valence-electron chi connectivity index (χ1n) is 8.06. The number of nitrogens with one attached hydrogen (secondary N) is 1. The average Bonchev–Trinajstić information content (AvgIpc) is 2.99. The molecule has 0 aromatic carbocycles. The first-order chi connectivity index (χ1) is 9.15. The molecule has 3 saturated carbocycles. The van der Waals surface area contributed by atoms with Crippen molar-refractivity contribution in [2.45, 2.75) is 57.9 Å². The molecule has 0 spiro atoms. The van der Waals surface area contributed by atoms with Crippen LogP contribution in [0.3, 0.4) is 0 Å². The van der Waals surface area contributed by atoms with Crippen molar-refractivity contribution in [3.8, 4) is 0 Å². The summed E-state index contributed by atoms with van der Waals surface area (Å²) in [7, 11) is 0. The topological polar surface area (TPSA) is 38.3 Å². The molecule has 0 amide bonds. The fraction of sp³-hybridized carbons (Fsp3) is 0.938. The van der Waals surface area contributed by atoms with E-state index in [1.807, 2.05) is 6.92 Å². The summed E-state index contributed by atoms with van der Waals surface area (Å²) in [6.07, 6.45) is 7.82. The molecule has 3 fully saturated rings. The molecule has 3 nitrogen and oxygen atoms in total. The maximum atomic E-state index is 12.3. The van der Waals surface area contributed by atoms with Crippen molar-refractivity contribution in [1.29, 1.82) is 0 Å². The van der Waals surface area contributed by atoms with Gasteiger partial charge < -0.3 is 10.1 Å². The molecule has 0 radical (unpaired) electrons. The standard InChI is InChI=1S/C16H27NO2/c1-3-19-15(18)14-12-6-7-13(10-12)16(14,2)17-9-8-11-4-5-11/h11-14,17H,3-10H2,1-2H3/t12-,13+,14-,16-/m0/s1. The summed E-state index contributed by atoms with van der Waals surface area (Å²) >= 11 is 0. The Kier molecular flexibility index (Phi) is 3.59. The van der Waals surface area contributed by atoms with E-state index < -0.39 is 0 Å². The van der Waals surface area contributed by atoms with Crippen LogP contribution in [0.15, 0.2) is 0 Å². The average molecular weight is 265 g/mol. The van der Waals surface area contributed by atoms with Crippen molar-refractivity contribution < 1.29 is 9.53 Å². The van der Waals surface area contributed by atoms with Gasteiger partial charge in [0.1, 0.15) is 0 Å². The molecule has 4 atom stereocenters. The first kappa shape index (κ1) is 13.4. The van der Waals surface area contributed by atoms with Crippen molar-refractivity contribution in [3.63, 3.8) is 0 Å². The molecule has 108 valence electrons. The number of rotatable bonds is 6. The summed E-state index contributed by atoms with van der Waals surface area (Å²) < 4.78 is 5.33. The van der Waals surface area contributed by atoms with Crippen LogP contribution in [0.25, 0.3) is 0 Å². The molecule has 0 heterocycles. The zero-order chi connectivity index (χ0) is 13.5. The van der Waals surface area contributed by atoms with Gasteiger partial charge in [0.05, 0.1) is 12.5 Å². The summed E-state index contributed by atoms with van der Waals surface area (Å²) in [5, 5.41) is 3.75. The zero-order valence-electron chi connectivity index (χ0n) is 12.3. The van der Waals surface area contributed by atoms with Gasteiger partial charge in [-0.2, -0.15) is 0 Å². The van der Waals surface area contributed by atoms with Crippen LogP contribution in [-0.4, -0.2) is 24.7 Å². The number of ether oxygens (including phenoxy) is 1. The molecule has 19 heavy (non-hydrogen) atoms. The highest BCUT2D eigenvalue weighted by Gasteiger charge is 2.58. The summed E-state index contributed by atoms with van der Waals surface area (Å²) in [6, 6.07) is 0. The molecular formula is C16H27NO2. The molecule has 0 saturated heterocycles. The lowest BCUT2D eigenvalue weighted by molar-refractivity contribution is -0.153. The molecule has 3 aliphatic carbocycles. The van der Waals surface area contributed by atoms with Gasteiger partial charge in [-0.15, -0.1) is 0 Å². The second kappa shape index (κ2) is 5.08. The maximum Gasteiger partial charge on any atom is 0.311 e. The molecule has 0 aromatic heterocycles. The Morgan fingerprint density at radius 2 is 2.11 bits per heavy atom. The van der Waals surface area contributed by atoms with Crippen molar-refractivity contribution >= 4 is 5.97 Å². The Bertz CT molecular complexity index is 353. The fourth-order valence-electron chi connectivity index (χ4n) is 4.48. The van der Waals surface area contributed by atoms with Crippen molar-refractivity contribution in [2.75, 3.05) is 13.2 Å². The number of carbonyl (C=O) groups excluding carboxylic acids is 1. The molecular weight excluding hydrogens is 238 g/mol. The second-order valence-electron chi connectivity index (χ2n) is 6.94. The van der Waals surface area contributed by atoms with E-state index in [-0.39, 0.29) is 17.4 Å².